The number of rotatable bonds is 2. The quantitative estimate of drug-likeness (QED) is 0.705. The lowest BCUT2D eigenvalue weighted by Crippen LogP contribution is -2.38. The Bertz CT molecular complexity index is 889. The molecule has 124 valence electrons. The summed E-state index contributed by atoms with van der Waals surface area (Å²) >= 11 is 0. The first-order valence-corrected chi connectivity index (χ1v) is 8.05. The molecular formula is C16H19N7O. The van der Waals surface area contributed by atoms with Crippen LogP contribution in [0.1, 0.15) is 34.7 Å². The second-order valence-electron chi connectivity index (χ2n) is 6.26. The van der Waals surface area contributed by atoms with Crippen molar-refractivity contribution in [1.29, 1.82) is 0 Å². The van der Waals surface area contributed by atoms with Gasteiger partial charge in [0.25, 0.3) is 5.91 Å². The van der Waals surface area contributed by atoms with Gasteiger partial charge in [0.05, 0.1) is 11.8 Å². The first-order chi connectivity index (χ1) is 11.6. The number of carbonyl (C=O) groups excluding carboxylic acids is 1. The summed E-state index contributed by atoms with van der Waals surface area (Å²) < 4.78 is 3.41. The van der Waals surface area contributed by atoms with Gasteiger partial charge < -0.3 is 4.90 Å². The summed E-state index contributed by atoms with van der Waals surface area (Å²) in [7, 11) is 3.70. The first kappa shape index (κ1) is 14.8. The van der Waals surface area contributed by atoms with E-state index in [2.05, 4.69) is 26.6 Å². The summed E-state index contributed by atoms with van der Waals surface area (Å²) in [6.07, 6.45) is 7.53. The lowest BCUT2D eigenvalue weighted by atomic mass is 9.91. The Labute approximate surface area is 139 Å². The Morgan fingerprint density at radius 3 is 2.75 bits per heavy atom. The number of aryl methyl sites for hydroxylation is 2. The van der Waals surface area contributed by atoms with Crippen LogP contribution in [0.15, 0.2) is 24.7 Å². The molecule has 4 rings (SSSR count). The molecule has 0 N–H and O–H groups in total. The maximum atomic E-state index is 12.9. The van der Waals surface area contributed by atoms with Crippen molar-refractivity contribution in [2.75, 3.05) is 13.1 Å². The topological polar surface area (TPSA) is 81.7 Å². The first-order valence-electron chi connectivity index (χ1n) is 8.05. The third-order valence-corrected chi connectivity index (χ3v) is 4.70. The highest BCUT2D eigenvalue weighted by Gasteiger charge is 2.27. The highest BCUT2D eigenvalue weighted by molar-refractivity contribution is 6.03. The Morgan fingerprint density at radius 2 is 2.04 bits per heavy atom. The number of amides is 1. The van der Waals surface area contributed by atoms with Crippen molar-refractivity contribution >= 4 is 17.1 Å². The van der Waals surface area contributed by atoms with E-state index in [-0.39, 0.29) is 5.91 Å². The molecule has 1 saturated heterocycles. The third-order valence-electron chi connectivity index (χ3n) is 4.70. The number of aromatic nitrogens is 6. The van der Waals surface area contributed by atoms with Crippen molar-refractivity contribution in [1.82, 2.24) is 34.7 Å². The monoisotopic (exact) mass is 325 g/mol. The molecule has 1 fully saturated rings. The Morgan fingerprint density at radius 1 is 1.25 bits per heavy atom. The van der Waals surface area contributed by atoms with Crippen molar-refractivity contribution in [3.05, 3.63) is 35.8 Å². The Hall–Kier alpha value is -2.77. The molecule has 3 aromatic heterocycles. The van der Waals surface area contributed by atoms with Crippen LogP contribution in [-0.2, 0) is 14.1 Å². The highest BCUT2D eigenvalue weighted by Crippen LogP contribution is 2.28. The molecule has 0 spiro atoms. The van der Waals surface area contributed by atoms with Gasteiger partial charge in [-0.2, -0.15) is 5.10 Å². The molecule has 1 aliphatic heterocycles. The van der Waals surface area contributed by atoms with E-state index in [4.69, 9.17) is 0 Å². The van der Waals surface area contributed by atoms with Crippen LogP contribution in [0.2, 0.25) is 0 Å². The summed E-state index contributed by atoms with van der Waals surface area (Å²) in [5.41, 5.74) is 3.03. The summed E-state index contributed by atoms with van der Waals surface area (Å²) in [4.78, 5) is 19.0. The van der Waals surface area contributed by atoms with Crippen LogP contribution in [-0.4, -0.2) is 53.7 Å². The van der Waals surface area contributed by atoms with Crippen LogP contribution in [0, 0.1) is 0 Å². The summed E-state index contributed by atoms with van der Waals surface area (Å²) in [5.74, 6) is 0.476. The van der Waals surface area contributed by atoms with Crippen molar-refractivity contribution < 1.29 is 4.79 Å². The largest absolute Gasteiger partial charge is 0.339 e. The van der Waals surface area contributed by atoms with Crippen LogP contribution < -0.4 is 0 Å². The van der Waals surface area contributed by atoms with Crippen molar-refractivity contribution in [3.63, 3.8) is 0 Å². The summed E-state index contributed by atoms with van der Waals surface area (Å²) in [6, 6.07) is 1.73. The van der Waals surface area contributed by atoms with Crippen molar-refractivity contribution in [2.24, 2.45) is 14.1 Å². The van der Waals surface area contributed by atoms with Gasteiger partial charge in [0.15, 0.2) is 5.65 Å². The van der Waals surface area contributed by atoms with E-state index in [0.717, 1.165) is 25.9 Å². The van der Waals surface area contributed by atoms with Gasteiger partial charge in [0.2, 0.25) is 0 Å². The average molecular weight is 325 g/mol. The van der Waals surface area contributed by atoms with E-state index >= 15 is 0 Å². The van der Waals surface area contributed by atoms with E-state index in [1.807, 2.05) is 22.8 Å². The minimum absolute atomic E-state index is 0.00698. The van der Waals surface area contributed by atoms with Crippen LogP contribution in [0.5, 0.6) is 0 Å². The Balaban J connectivity index is 1.51. The van der Waals surface area contributed by atoms with E-state index in [1.54, 1.807) is 24.0 Å². The number of nitrogens with zero attached hydrogens (tertiary/aromatic N) is 7. The van der Waals surface area contributed by atoms with E-state index in [0.29, 0.717) is 22.6 Å². The smallest absolute Gasteiger partial charge is 0.256 e. The zero-order valence-electron chi connectivity index (χ0n) is 13.8. The zero-order valence-corrected chi connectivity index (χ0v) is 13.8. The number of hydrogen-bond acceptors (Lipinski definition) is 5. The standard InChI is InChI=1S/C16H19N7O/c1-21-10-12(9-18-21)11-4-7-23(8-5-11)16(24)13-3-6-17-15-14(13)19-20-22(15)2/h3,6,9-11H,4-5,7-8H2,1-2H3. The lowest BCUT2D eigenvalue weighted by Gasteiger charge is -2.31. The van der Waals surface area contributed by atoms with Crippen LogP contribution in [0.4, 0.5) is 0 Å². The molecule has 0 saturated carbocycles. The number of fused-ring (bicyclic) bond motifs is 1. The van der Waals surface area contributed by atoms with Gasteiger partial charge in [-0.05, 0) is 30.4 Å². The zero-order chi connectivity index (χ0) is 16.7. The molecule has 0 atom stereocenters. The van der Waals surface area contributed by atoms with Crippen molar-refractivity contribution in [2.45, 2.75) is 18.8 Å². The normalized spacial score (nSPS) is 16.0. The molecule has 0 aromatic carbocycles. The van der Waals surface area contributed by atoms with E-state index in [1.165, 1.54) is 5.56 Å². The SMILES string of the molecule is Cn1cc(C2CCN(C(=O)c3ccnc4c3nnn4C)CC2)cn1. The predicted octanol–water partition coefficient (Wildman–Crippen LogP) is 1.12. The molecule has 0 bridgehead atoms. The summed E-state index contributed by atoms with van der Waals surface area (Å²) in [6.45, 7) is 1.48. The van der Waals surface area contributed by atoms with Gasteiger partial charge in [-0.1, -0.05) is 5.21 Å². The predicted molar refractivity (Wildman–Crippen MR) is 87.4 cm³/mol. The second kappa shape index (κ2) is 5.70. The maximum absolute atomic E-state index is 12.9. The number of carbonyl (C=O) groups is 1. The number of pyridine rings is 1. The Kier molecular flexibility index (Phi) is 3.51. The molecule has 3 aromatic rings. The fraction of sp³-hybridized carbons (Fsp3) is 0.438. The number of hydrogen-bond donors (Lipinski definition) is 0. The average Bonchev–Trinajstić information content (AvgIpc) is 3.21. The van der Waals surface area contributed by atoms with E-state index < -0.39 is 0 Å². The molecule has 1 aliphatic rings. The molecule has 1 amide bonds. The number of piperidine rings is 1. The van der Waals surface area contributed by atoms with Crippen LogP contribution in [0.3, 0.4) is 0 Å². The summed E-state index contributed by atoms with van der Waals surface area (Å²) in [5, 5.41) is 12.3. The molecule has 8 heteroatoms. The van der Waals surface area contributed by atoms with Gasteiger partial charge in [-0.25, -0.2) is 9.67 Å². The van der Waals surface area contributed by atoms with E-state index in [9.17, 15) is 4.79 Å². The van der Waals surface area contributed by atoms with Gasteiger partial charge in [0, 0.05) is 39.6 Å². The fourth-order valence-corrected chi connectivity index (χ4v) is 3.34. The highest BCUT2D eigenvalue weighted by atomic mass is 16.2. The van der Waals surface area contributed by atoms with Crippen LogP contribution in [0.25, 0.3) is 11.2 Å². The minimum atomic E-state index is 0.00698. The lowest BCUT2D eigenvalue weighted by molar-refractivity contribution is 0.0714. The fourth-order valence-electron chi connectivity index (χ4n) is 3.34. The van der Waals surface area contributed by atoms with Crippen molar-refractivity contribution in [3.8, 4) is 0 Å². The third kappa shape index (κ3) is 2.44. The van der Waals surface area contributed by atoms with Crippen LogP contribution >= 0.6 is 0 Å². The molecule has 0 aliphatic carbocycles. The molecule has 0 unspecified atom stereocenters. The molecule has 8 nitrogen and oxygen atoms in total. The molecule has 4 heterocycles. The van der Waals surface area contributed by atoms with Gasteiger partial charge in [0.1, 0.15) is 5.52 Å². The van der Waals surface area contributed by atoms with Gasteiger partial charge >= 0.3 is 0 Å². The number of likely N-dealkylation sites (tertiary alicyclic amines) is 1. The minimum Gasteiger partial charge on any atom is -0.339 e. The van der Waals surface area contributed by atoms with Gasteiger partial charge in [-0.15, -0.1) is 5.10 Å². The molecule has 0 radical (unpaired) electrons. The van der Waals surface area contributed by atoms with Gasteiger partial charge in [-0.3, -0.25) is 9.48 Å². The second-order valence-corrected chi connectivity index (χ2v) is 6.26. The molecule has 24 heavy (non-hydrogen) atoms. The molecular weight excluding hydrogens is 306 g/mol. The maximum Gasteiger partial charge on any atom is 0.256 e.